The van der Waals surface area contributed by atoms with Crippen LogP contribution in [-0.4, -0.2) is 45.8 Å². The van der Waals surface area contributed by atoms with Crippen molar-refractivity contribution in [2.24, 2.45) is 5.73 Å². The summed E-state index contributed by atoms with van der Waals surface area (Å²) < 4.78 is 12.3. The Morgan fingerprint density at radius 1 is 1.07 bits per heavy atom. The summed E-state index contributed by atoms with van der Waals surface area (Å²) in [5.41, 5.74) is 5.65. The number of primary amides is 1. The molecule has 150 valence electrons. The first-order valence-corrected chi connectivity index (χ1v) is 8.38. The fourth-order valence-corrected chi connectivity index (χ4v) is 2.63. The van der Waals surface area contributed by atoms with Gasteiger partial charge in [-0.1, -0.05) is 6.07 Å². The van der Waals surface area contributed by atoms with E-state index in [4.69, 9.17) is 15.2 Å². The Balaban J connectivity index is 1.80. The standard InChI is InChI=1S/C18H18N6O5/c1-28-14-5-3-4-13(16(14)29-2)17(26)20-11-6-8-12(9-7-11)24-18(27)23(21-22-24)10-15(19)25/h3-9H,10H2,1-2H3,(H2,19,25)(H,20,26). The molecule has 2 amide bonds. The molecule has 0 saturated heterocycles. The van der Waals surface area contributed by atoms with E-state index >= 15 is 0 Å². The van der Waals surface area contributed by atoms with Gasteiger partial charge in [-0.15, -0.1) is 0 Å². The van der Waals surface area contributed by atoms with Crippen LogP contribution in [0.15, 0.2) is 47.3 Å². The second-order valence-electron chi connectivity index (χ2n) is 5.84. The molecule has 1 aromatic heterocycles. The molecule has 0 atom stereocenters. The number of tetrazole rings is 1. The lowest BCUT2D eigenvalue weighted by atomic mass is 10.1. The van der Waals surface area contributed by atoms with Crippen LogP contribution in [0.2, 0.25) is 0 Å². The van der Waals surface area contributed by atoms with Crippen molar-refractivity contribution >= 4 is 17.5 Å². The van der Waals surface area contributed by atoms with Crippen molar-refractivity contribution in [3.8, 4) is 17.2 Å². The number of aromatic nitrogens is 4. The summed E-state index contributed by atoms with van der Waals surface area (Å²) in [6.07, 6.45) is 0. The molecular formula is C18H18N6O5. The molecule has 0 aliphatic rings. The van der Waals surface area contributed by atoms with E-state index in [2.05, 4.69) is 15.7 Å². The van der Waals surface area contributed by atoms with E-state index in [-0.39, 0.29) is 6.54 Å². The monoisotopic (exact) mass is 398 g/mol. The third-order valence-corrected chi connectivity index (χ3v) is 3.96. The van der Waals surface area contributed by atoms with Crippen molar-refractivity contribution in [1.82, 2.24) is 19.8 Å². The summed E-state index contributed by atoms with van der Waals surface area (Å²) in [4.78, 5) is 35.7. The second kappa shape index (κ2) is 8.25. The summed E-state index contributed by atoms with van der Waals surface area (Å²) in [5.74, 6) is -0.334. The van der Waals surface area contributed by atoms with Gasteiger partial charge in [-0.3, -0.25) is 9.59 Å². The molecule has 11 nitrogen and oxygen atoms in total. The summed E-state index contributed by atoms with van der Waals surface area (Å²) >= 11 is 0. The van der Waals surface area contributed by atoms with Gasteiger partial charge < -0.3 is 20.5 Å². The Bertz CT molecular complexity index is 1100. The molecule has 0 bridgehead atoms. The van der Waals surface area contributed by atoms with E-state index in [0.29, 0.717) is 28.4 Å². The molecule has 3 rings (SSSR count). The lowest BCUT2D eigenvalue weighted by molar-refractivity contribution is -0.118. The molecule has 1 heterocycles. The van der Waals surface area contributed by atoms with Gasteiger partial charge in [0.25, 0.3) is 5.91 Å². The number of amides is 2. The molecule has 0 unspecified atom stereocenters. The normalized spacial score (nSPS) is 10.4. The van der Waals surface area contributed by atoms with Gasteiger partial charge in [0.1, 0.15) is 6.54 Å². The maximum Gasteiger partial charge on any atom is 0.368 e. The number of ether oxygens (including phenoxy) is 2. The molecule has 3 N–H and O–H groups in total. The molecule has 3 aromatic rings. The largest absolute Gasteiger partial charge is 0.493 e. The Kier molecular flexibility index (Phi) is 5.58. The third-order valence-electron chi connectivity index (χ3n) is 3.96. The van der Waals surface area contributed by atoms with Gasteiger partial charge in [-0.25, -0.2) is 4.79 Å². The number of nitrogens with two attached hydrogens (primary N) is 1. The highest BCUT2D eigenvalue weighted by Gasteiger charge is 2.17. The molecule has 0 radical (unpaired) electrons. The van der Waals surface area contributed by atoms with Crippen LogP contribution in [0.25, 0.3) is 5.69 Å². The van der Waals surface area contributed by atoms with Crippen molar-refractivity contribution in [2.75, 3.05) is 19.5 Å². The zero-order valence-electron chi connectivity index (χ0n) is 15.7. The lowest BCUT2D eigenvalue weighted by Gasteiger charge is -2.12. The maximum atomic E-state index is 12.6. The zero-order chi connectivity index (χ0) is 21.0. The number of para-hydroxylation sites is 1. The molecule has 29 heavy (non-hydrogen) atoms. The molecule has 11 heteroatoms. The average Bonchev–Trinajstić information content (AvgIpc) is 3.07. The van der Waals surface area contributed by atoms with Crippen LogP contribution in [0, 0.1) is 0 Å². The topological polar surface area (TPSA) is 143 Å². The quantitative estimate of drug-likeness (QED) is 0.578. The fourth-order valence-electron chi connectivity index (χ4n) is 2.63. The lowest BCUT2D eigenvalue weighted by Crippen LogP contribution is -2.30. The van der Waals surface area contributed by atoms with Crippen LogP contribution in [-0.2, 0) is 11.3 Å². The molecule has 0 fully saturated rings. The highest BCUT2D eigenvalue weighted by Crippen LogP contribution is 2.31. The number of nitrogens with zero attached hydrogens (tertiary/aromatic N) is 4. The maximum absolute atomic E-state index is 12.6. The van der Waals surface area contributed by atoms with E-state index in [1.807, 2.05) is 0 Å². The second-order valence-corrected chi connectivity index (χ2v) is 5.84. The minimum absolute atomic E-state index is 0.307. The highest BCUT2D eigenvalue weighted by atomic mass is 16.5. The van der Waals surface area contributed by atoms with Gasteiger partial charge in [0, 0.05) is 5.69 Å². The van der Waals surface area contributed by atoms with Gasteiger partial charge in [0.05, 0.1) is 25.5 Å². The third kappa shape index (κ3) is 4.08. The number of anilines is 1. The van der Waals surface area contributed by atoms with Crippen LogP contribution >= 0.6 is 0 Å². The van der Waals surface area contributed by atoms with E-state index in [1.54, 1.807) is 42.5 Å². The summed E-state index contributed by atoms with van der Waals surface area (Å²) in [6.45, 7) is -0.366. The first kappa shape index (κ1) is 19.6. The van der Waals surface area contributed by atoms with Gasteiger partial charge in [0.2, 0.25) is 5.91 Å². The van der Waals surface area contributed by atoms with Crippen LogP contribution in [0.3, 0.4) is 0 Å². The first-order chi connectivity index (χ1) is 13.9. The number of benzene rings is 2. The Morgan fingerprint density at radius 3 is 2.41 bits per heavy atom. The summed E-state index contributed by atoms with van der Waals surface area (Å²) in [6, 6.07) is 11.3. The van der Waals surface area contributed by atoms with Crippen molar-refractivity contribution < 1.29 is 19.1 Å². The number of hydrogen-bond donors (Lipinski definition) is 2. The molecule has 0 spiro atoms. The van der Waals surface area contributed by atoms with E-state index in [9.17, 15) is 14.4 Å². The van der Waals surface area contributed by atoms with Crippen LogP contribution in [0.5, 0.6) is 11.5 Å². The average molecular weight is 398 g/mol. The molecular weight excluding hydrogens is 380 g/mol. The number of hydrogen-bond acceptors (Lipinski definition) is 7. The van der Waals surface area contributed by atoms with Gasteiger partial charge >= 0.3 is 5.69 Å². The number of carbonyl (C=O) groups excluding carboxylic acids is 2. The highest BCUT2D eigenvalue weighted by molar-refractivity contribution is 6.06. The smallest absolute Gasteiger partial charge is 0.368 e. The number of methoxy groups -OCH3 is 2. The van der Waals surface area contributed by atoms with Crippen molar-refractivity contribution in [2.45, 2.75) is 6.54 Å². The Morgan fingerprint density at radius 2 is 1.79 bits per heavy atom. The number of nitrogens with one attached hydrogen (secondary N) is 1. The van der Waals surface area contributed by atoms with Gasteiger partial charge in [-0.2, -0.15) is 9.36 Å². The van der Waals surface area contributed by atoms with Gasteiger partial charge in [0.15, 0.2) is 11.5 Å². The fraction of sp³-hybridized carbons (Fsp3) is 0.167. The van der Waals surface area contributed by atoms with Crippen molar-refractivity contribution in [3.05, 3.63) is 58.5 Å². The molecule has 0 saturated carbocycles. The molecule has 0 aliphatic carbocycles. The molecule has 2 aromatic carbocycles. The van der Waals surface area contributed by atoms with E-state index in [0.717, 1.165) is 9.36 Å². The SMILES string of the molecule is COc1cccc(C(=O)Nc2ccc(-n3nnn(CC(N)=O)c3=O)cc2)c1OC. The summed E-state index contributed by atoms with van der Waals surface area (Å²) in [5, 5.41) is 10.1. The van der Waals surface area contributed by atoms with E-state index < -0.39 is 17.5 Å². The first-order valence-electron chi connectivity index (χ1n) is 8.38. The predicted molar refractivity (Wildman–Crippen MR) is 102 cm³/mol. The van der Waals surface area contributed by atoms with E-state index in [1.165, 1.54) is 14.2 Å². The molecule has 0 aliphatic heterocycles. The minimum Gasteiger partial charge on any atom is -0.493 e. The minimum atomic E-state index is -0.704. The van der Waals surface area contributed by atoms with Crippen molar-refractivity contribution in [3.63, 3.8) is 0 Å². The van der Waals surface area contributed by atoms with Crippen LogP contribution in [0.4, 0.5) is 5.69 Å². The van der Waals surface area contributed by atoms with Gasteiger partial charge in [-0.05, 0) is 46.8 Å². The van der Waals surface area contributed by atoms with Crippen molar-refractivity contribution in [1.29, 1.82) is 0 Å². The van der Waals surface area contributed by atoms with Crippen LogP contribution in [0.1, 0.15) is 10.4 Å². The predicted octanol–water partition coefficient (Wildman–Crippen LogP) is 0.184. The Labute approximate surface area is 164 Å². The number of carbonyl (C=O) groups is 2. The summed E-state index contributed by atoms with van der Waals surface area (Å²) in [7, 11) is 2.94. The Hall–Kier alpha value is -4.15. The zero-order valence-corrected chi connectivity index (χ0v) is 15.7. The van der Waals surface area contributed by atoms with Crippen LogP contribution < -0.4 is 26.2 Å². The number of rotatable bonds is 7.